The minimum absolute atomic E-state index is 0.128. The van der Waals surface area contributed by atoms with Crippen molar-refractivity contribution in [3.63, 3.8) is 0 Å². The largest absolute Gasteiger partial charge is 0.484 e. The Balaban J connectivity index is 2.53. The first-order chi connectivity index (χ1) is 9.15. The molecule has 0 aliphatic heterocycles. The van der Waals surface area contributed by atoms with Gasteiger partial charge in [0.15, 0.2) is 6.61 Å². The number of benzene rings is 1. The fraction of sp³-hybridized carbons (Fsp3) is 0.462. The van der Waals surface area contributed by atoms with Gasteiger partial charge in [0.25, 0.3) is 5.91 Å². The molecule has 5 nitrogen and oxygen atoms in total. The van der Waals surface area contributed by atoms with Crippen molar-refractivity contribution >= 4 is 5.91 Å². The highest BCUT2D eigenvalue weighted by Crippen LogP contribution is 2.16. The number of hydrogen-bond acceptors (Lipinski definition) is 4. The van der Waals surface area contributed by atoms with E-state index < -0.39 is 5.82 Å². The molecule has 0 saturated carbocycles. The third-order valence-corrected chi connectivity index (χ3v) is 2.39. The molecule has 0 aromatic heterocycles. The smallest absolute Gasteiger partial charge is 0.257 e. The summed E-state index contributed by atoms with van der Waals surface area (Å²) in [5.41, 5.74) is 0.753. The van der Waals surface area contributed by atoms with E-state index in [0.717, 1.165) is 5.56 Å². The standard InChI is InChI=1S/C13H19FN2O3/c1-15-13(17)9-19-12-6-10(5-11(14)7-12)8-16-3-4-18-2/h5-7,16H,3-4,8-9H2,1-2H3,(H,15,17). The summed E-state index contributed by atoms with van der Waals surface area (Å²) in [6.07, 6.45) is 0. The maximum atomic E-state index is 13.4. The predicted octanol–water partition coefficient (Wildman–Crippen LogP) is 0.686. The molecular weight excluding hydrogens is 251 g/mol. The van der Waals surface area contributed by atoms with E-state index in [1.807, 2.05) is 0 Å². The van der Waals surface area contributed by atoms with Crippen molar-refractivity contribution in [3.05, 3.63) is 29.6 Å². The van der Waals surface area contributed by atoms with Crippen LogP contribution in [0.4, 0.5) is 4.39 Å². The van der Waals surface area contributed by atoms with Crippen molar-refractivity contribution in [1.82, 2.24) is 10.6 Å². The Morgan fingerprint density at radius 1 is 1.37 bits per heavy atom. The second-order valence-corrected chi connectivity index (χ2v) is 3.93. The van der Waals surface area contributed by atoms with Gasteiger partial charge in [0.05, 0.1) is 6.61 Å². The van der Waals surface area contributed by atoms with Gasteiger partial charge in [-0.2, -0.15) is 0 Å². The van der Waals surface area contributed by atoms with Crippen LogP contribution in [-0.4, -0.2) is 39.8 Å². The normalized spacial score (nSPS) is 10.3. The molecule has 0 spiro atoms. The Kier molecular flexibility index (Phi) is 6.84. The Hall–Kier alpha value is -1.66. The van der Waals surface area contributed by atoms with E-state index in [-0.39, 0.29) is 12.5 Å². The number of ether oxygens (including phenoxy) is 2. The highest BCUT2D eigenvalue weighted by molar-refractivity contribution is 5.77. The lowest BCUT2D eigenvalue weighted by molar-refractivity contribution is -0.122. The molecule has 106 valence electrons. The van der Waals surface area contributed by atoms with Gasteiger partial charge in [0.1, 0.15) is 11.6 Å². The first kappa shape index (κ1) is 15.4. The zero-order valence-corrected chi connectivity index (χ0v) is 11.2. The Morgan fingerprint density at radius 3 is 2.84 bits per heavy atom. The van der Waals surface area contributed by atoms with Gasteiger partial charge in [-0.25, -0.2) is 4.39 Å². The molecule has 0 bridgehead atoms. The molecule has 0 aliphatic rings. The molecule has 19 heavy (non-hydrogen) atoms. The lowest BCUT2D eigenvalue weighted by Gasteiger charge is -2.09. The van der Waals surface area contributed by atoms with E-state index in [0.29, 0.717) is 25.4 Å². The van der Waals surface area contributed by atoms with E-state index in [2.05, 4.69) is 10.6 Å². The summed E-state index contributed by atoms with van der Waals surface area (Å²) in [7, 11) is 3.14. The van der Waals surface area contributed by atoms with Crippen LogP contribution in [0.1, 0.15) is 5.56 Å². The summed E-state index contributed by atoms with van der Waals surface area (Å²) in [5.74, 6) is -0.311. The van der Waals surface area contributed by atoms with Gasteiger partial charge in [-0.05, 0) is 17.7 Å². The minimum atomic E-state index is -0.391. The number of halogens is 1. The van der Waals surface area contributed by atoms with Crippen LogP contribution in [0.3, 0.4) is 0 Å². The molecule has 0 radical (unpaired) electrons. The highest BCUT2D eigenvalue weighted by Gasteiger charge is 2.04. The number of amides is 1. The first-order valence-electron chi connectivity index (χ1n) is 5.98. The van der Waals surface area contributed by atoms with Crippen molar-refractivity contribution in [2.75, 3.05) is 33.9 Å². The molecule has 0 fully saturated rings. The Morgan fingerprint density at radius 2 is 2.16 bits per heavy atom. The molecule has 1 aromatic rings. The third kappa shape index (κ3) is 6.17. The summed E-state index contributed by atoms with van der Waals surface area (Å²) in [6.45, 7) is 1.66. The number of hydrogen-bond donors (Lipinski definition) is 2. The number of methoxy groups -OCH3 is 1. The zero-order chi connectivity index (χ0) is 14.1. The van der Waals surface area contributed by atoms with Gasteiger partial charge in [0.2, 0.25) is 0 Å². The summed E-state index contributed by atoms with van der Waals surface area (Å²) in [6, 6.07) is 4.37. The molecule has 1 rings (SSSR count). The van der Waals surface area contributed by atoms with Crippen molar-refractivity contribution in [3.8, 4) is 5.75 Å². The summed E-state index contributed by atoms with van der Waals surface area (Å²) in [5, 5.41) is 5.54. The first-order valence-corrected chi connectivity index (χ1v) is 5.98. The lowest BCUT2D eigenvalue weighted by atomic mass is 10.2. The van der Waals surface area contributed by atoms with E-state index >= 15 is 0 Å². The molecule has 2 N–H and O–H groups in total. The molecule has 0 atom stereocenters. The number of nitrogens with one attached hydrogen (secondary N) is 2. The van der Waals surface area contributed by atoms with Gasteiger partial charge in [-0.15, -0.1) is 0 Å². The monoisotopic (exact) mass is 270 g/mol. The van der Waals surface area contributed by atoms with Gasteiger partial charge < -0.3 is 20.1 Å². The minimum Gasteiger partial charge on any atom is -0.484 e. The zero-order valence-electron chi connectivity index (χ0n) is 11.2. The second kappa shape index (κ2) is 8.44. The fourth-order valence-electron chi connectivity index (χ4n) is 1.43. The molecule has 1 amide bonds. The van der Waals surface area contributed by atoms with E-state index in [9.17, 15) is 9.18 Å². The molecule has 1 aromatic carbocycles. The molecule has 0 heterocycles. The van der Waals surface area contributed by atoms with Crippen LogP contribution < -0.4 is 15.4 Å². The van der Waals surface area contributed by atoms with Gasteiger partial charge in [-0.1, -0.05) is 0 Å². The number of likely N-dealkylation sites (N-methyl/N-ethyl adjacent to an activating group) is 1. The summed E-state index contributed by atoms with van der Waals surface area (Å²) >= 11 is 0. The van der Waals surface area contributed by atoms with Crippen LogP contribution in [0.5, 0.6) is 5.75 Å². The van der Waals surface area contributed by atoms with E-state index in [4.69, 9.17) is 9.47 Å². The fourth-order valence-corrected chi connectivity index (χ4v) is 1.43. The van der Waals surface area contributed by atoms with Crippen LogP contribution in [0.25, 0.3) is 0 Å². The van der Waals surface area contributed by atoms with Crippen molar-refractivity contribution in [1.29, 1.82) is 0 Å². The van der Waals surface area contributed by atoms with E-state index in [1.54, 1.807) is 13.2 Å². The molecule has 0 unspecified atom stereocenters. The average Bonchev–Trinajstić information content (AvgIpc) is 2.40. The molecule has 6 heteroatoms. The van der Waals surface area contributed by atoms with E-state index in [1.165, 1.54) is 19.2 Å². The molecule has 0 aliphatic carbocycles. The SMILES string of the molecule is CNC(=O)COc1cc(F)cc(CNCCOC)c1. The van der Waals surface area contributed by atoms with Gasteiger partial charge >= 0.3 is 0 Å². The Bertz CT molecular complexity index is 413. The lowest BCUT2D eigenvalue weighted by Crippen LogP contribution is -2.25. The highest BCUT2D eigenvalue weighted by atomic mass is 19.1. The van der Waals surface area contributed by atoms with Gasteiger partial charge in [0, 0.05) is 33.3 Å². The third-order valence-electron chi connectivity index (χ3n) is 2.39. The number of carbonyl (C=O) groups is 1. The van der Waals surface area contributed by atoms with Crippen LogP contribution in [0.15, 0.2) is 18.2 Å². The van der Waals surface area contributed by atoms with Crippen LogP contribution in [-0.2, 0) is 16.1 Å². The van der Waals surface area contributed by atoms with Crippen molar-refractivity contribution < 1.29 is 18.7 Å². The number of carbonyl (C=O) groups excluding carboxylic acids is 1. The molecule has 0 saturated heterocycles. The maximum Gasteiger partial charge on any atom is 0.257 e. The summed E-state index contributed by atoms with van der Waals surface area (Å²) < 4.78 is 23.5. The van der Waals surface area contributed by atoms with Crippen LogP contribution in [0.2, 0.25) is 0 Å². The second-order valence-electron chi connectivity index (χ2n) is 3.93. The van der Waals surface area contributed by atoms with Crippen LogP contribution >= 0.6 is 0 Å². The van der Waals surface area contributed by atoms with Gasteiger partial charge in [-0.3, -0.25) is 4.79 Å². The topological polar surface area (TPSA) is 59.6 Å². The number of rotatable bonds is 8. The van der Waals surface area contributed by atoms with Crippen molar-refractivity contribution in [2.45, 2.75) is 6.54 Å². The Labute approximate surface area is 112 Å². The predicted molar refractivity (Wildman–Crippen MR) is 69.5 cm³/mol. The van der Waals surface area contributed by atoms with Crippen LogP contribution in [0, 0.1) is 5.82 Å². The maximum absolute atomic E-state index is 13.4. The van der Waals surface area contributed by atoms with Crippen molar-refractivity contribution in [2.24, 2.45) is 0 Å². The molecular formula is C13H19FN2O3. The summed E-state index contributed by atoms with van der Waals surface area (Å²) in [4.78, 5) is 11.0. The quantitative estimate of drug-likeness (QED) is 0.682. The average molecular weight is 270 g/mol.